The molecule has 5 rings (SSSR count). The molecule has 45 heavy (non-hydrogen) atoms. The average Bonchev–Trinajstić information content (AvgIpc) is 3.02. The molecule has 5 aromatic rings. The molecule has 0 saturated heterocycles. The molecule has 0 aliphatic carbocycles. The first-order chi connectivity index (χ1) is 21.8. The summed E-state index contributed by atoms with van der Waals surface area (Å²) < 4.78 is 0. The van der Waals surface area contributed by atoms with E-state index in [-0.39, 0.29) is 0 Å². The quantitative estimate of drug-likeness (QED) is 0.102. The van der Waals surface area contributed by atoms with Gasteiger partial charge in [-0.3, -0.25) is 9.97 Å². The van der Waals surface area contributed by atoms with E-state index < -0.39 is 5.97 Å². The highest BCUT2D eigenvalue weighted by molar-refractivity contribution is 6.16. The highest BCUT2D eigenvalue weighted by atomic mass is 16.4. The number of carboxylic acid groups (broad SMARTS) is 1. The van der Waals surface area contributed by atoms with Gasteiger partial charge in [-0.1, -0.05) is 95.0 Å². The van der Waals surface area contributed by atoms with E-state index in [2.05, 4.69) is 98.8 Å². The Balaban J connectivity index is 1.47. The van der Waals surface area contributed by atoms with Gasteiger partial charge < -0.3 is 5.11 Å². The minimum Gasteiger partial charge on any atom is -0.478 e. The Morgan fingerprint density at radius 3 is 1.80 bits per heavy atom. The van der Waals surface area contributed by atoms with Crippen LogP contribution < -0.4 is 0 Å². The summed E-state index contributed by atoms with van der Waals surface area (Å²) in [5, 5.41) is 13.9. The van der Waals surface area contributed by atoms with Gasteiger partial charge in [0.15, 0.2) is 0 Å². The van der Waals surface area contributed by atoms with Gasteiger partial charge in [0.25, 0.3) is 0 Å². The van der Waals surface area contributed by atoms with Crippen molar-refractivity contribution in [2.75, 3.05) is 0 Å². The maximum Gasteiger partial charge on any atom is 0.336 e. The van der Waals surface area contributed by atoms with Gasteiger partial charge in [0.2, 0.25) is 0 Å². The molecule has 4 nitrogen and oxygen atoms in total. The first-order valence-corrected chi connectivity index (χ1v) is 16.5. The molecular weight excluding hydrogens is 552 g/mol. The third-order valence-corrected chi connectivity index (χ3v) is 9.15. The summed E-state index contributed by atoms with van der Waals surface area (Å²) in [6.45, 7) is 13.1. The Kier molecular flexibility index (Phi) is 10.4. The zero-order chi connectivity index (χ0) is 31.9. The van der Waals surface area contributed by atoms with E-state index in [9.17, 15) is 9.90 Å². The van der Waals surface area contributed by atoms with Crippen molar-refractivity contribution in [3.8, 4) is 0 Å². The molecule has 0 aliphatic rings. The Labute approximate surface area is 268 Å². The van der Waals surface area contributed by atoms with Gasteiger partial charge in [0, 0.05) is 30.7 Å². The van der Waals surface area contributed by atoms with Crippen molar-refractivity contribution in [3.63, 3.8) is 0 Å². The molecule has 2 unspecified atom stereocenters. The largest absolute Gasteiger partial charge is 0.478 e. The third-order valence-electron chi connectivity index (χ3n) is 9.15. The van der Waals surface area contributed by atoms with Crippen LogP contribution in [0.15, 0.2) is 91.5 Å². The summed E-state index contributed by atoms with van der Waals surface area (Å²) in [6.07, 6.45) is 16.1. The summed E-state index contributed by atoms with van der Waals surface area (Å²) in [7, 11) is 0. The monoisotopic (exact) mass is 598 g/mol. The molecular formula is C41H46N2O2. The van der Waals surface area contributed by atoms with E-state index in [1.54, 1.807) is 0 Å². The number of unbranched alkanes of at least 4 members (excludes halogenated alkanes) is 2. The summed E-state index contributed by atoms with van der Waals surface area (Å²) in [6, 6.07) is 19.0. The lowest BCUT2D eigenvalue weighted by atomic mass is 9.88. The first-order valence-electron chi connectivity index (χ1n) is 16.5. The Morgan fingerprint density at radius 2 is 1.27 bits per heavy atom. The van der Waals surface area contributed by atoms with Gasteiger partial charge in [0.05, 0.1) is 5.56 Å². The minimum absolute atomic E-state index is 0.302. The van der Waals surface area contributed by atoms with E-state index in [4.69, 9.17) is 0 Å². The summed E-state index contributed by atoms with van der Waals surface area (Å²) >= 11 is 0. The van der Waals surface area contributed by atoms with Crippen LogP contribution in [0.2, 0.25) is 0 Å². The third kappa shape index (κ3) is 7.68. The van der Waals surface area contributed by atoms with Crippen LogP contribution in [0.3, 0.4) is 0 Å². The number of allylic oxidation sites excluding steroid dienone is 1. The first kappa shape index (κ1) is 32.1. The number of aromatic carboxylic acids is 1. The van der Waals surface area contributed by atoms with Crippen molar-refractivity contribution >= 4 is 27.5 Å². The number of benzene rings is 3. The zero-order valence-corrected chi connectivity index (χ0v) is 27.3. The molecule has 2 heterocycles. The lowest BCUT2D eigenvalue weighted by Crippen LogP contribution is -2.03. The van der Waals surface area contributed by atoms with Gasteiger partial charge in [-0.2, -0.15) is 0 Å². The zero-order valence-electron chi connectivity index (χ0n) is 27.3. The SMILES string of the molecule is C=C(C)C(CCCC)c1cncc(Cc2ccc3cc4ccc(Cc5cncc(C(C)CCCC)c5)cc4c(C(=O)O)c3c2)c1. The Hall–Kier alpha value is -4.31. The van der Waals surface area contributed by atoms with E-state index in [1.807, 2.05) is 24.8 Å². The predicted molar refractivity (Wildman–Crippen MR) is 188 cm³/mol. The molecule has 232 valence electrons. The molecule has 0 bridgehead atoms. The van der Waals surface area contributed by atoms with Gasteiger partial charge in [0.1, 0.15) is 0 Å². The van der Waals surface area contributed by atoms with Crippen molar-refractivity contribution in [1.82, 2.24) is 9.97 Å². The van der Waals surface area contributed by atoms with Gasteiger partial charge in [-0.25, -0.2) is 4.79 Å². The summed E-state index contributed by atoms with van der Waals surface area (Å²) in [5.74, 6) is -0.131. The fourth-order valence-electron chi connectivity index (χ4n) is 6.58. The number of aromatic nitrogens is 2. The fourth-order valence-corrected chi connectivity index (χ4v) is 6.58. The van der Waals surface area contributed by atoms with E-state index in [1.165, 1.54) is 24.0 Å². The van der Waals surface area contributed by atoms with Gasteiger partial charge >= 0.3 is 5.97 Å². The molecule has 2 atom stereocenters. The fraction of sp³-hybridized carbons (Fsp3) is 0.341. The number of fused-ring (bicyclic) bond motifs is 2. The second-order valence-corrected chi connectivity index (χ2v) is 12.9. The molecule has 2 aromatic heterocycles. The van der Waals surface area contributed by atoms with Crippen LogP contribution in [0.1, 0.15) is 122 Å². The van der Waals surface area contributed by atoms with Crippen LogP contribution in [0, 0.1) is 0 Å². The molecule has 4 heteroatoms. The normalized spacial score (nSPS) is 12.8. The van der Waals surface area contributed by atoms with Crippen LogP contribution >= 0.6 is 0 Å². The van der Waals surface area contributed by atoms with Crippen molar-refractivity contribution in [2.24, 2.45) is 0 Å². The number of hydrogen-bond acceptors (Lipinski definition) is 3. The topological polar surface area (TPSA) is 63.1 Å². The minimum atomic E-state index is -0.905. The maximum atomic E-state index is 12.8. The average molecular weight is 599 g/mol. The number of carbonyl (C=O) groups is 1. The molecule has 0 fully saturated rings. The van der Waals surface area contributed by atoms with E-state index in [0.717, 1.165) is 75.1 Å². The van der Waals surface area contributed by atoms with Crippen molar-refractivity contribution in [2.45, 2.75) is 90.9 Å². The molecule has 0 amide bonds. The number of carboxylic acids is 1. The number of hydrogen-bond donors (Lipinski definition) is 1. The summed E-state index contributed by atoms with van der Waals surface area (Å²) in [5.41, 5.74) is 8.41. The van der Waals surface area contributed by atoms with Crippen molar-refractivity contribution in [1.29, 1.82) is 0 Å². The smallest absolute Gasteiger partial charge is 0.336 e. The number of rotatable bonds is 14. The summed E-state index contributed by atoms with van der Waals surface area (Å²) in [4.78, 5) is 21.9. The van der Waals surface area contributed by atoms with Crippen LogP contribution in [0.4, 0.5) is 0 Å². The number of nitrogens with zero attached hydrogens (tertiary/aromatic N) is 2. The standard InChI is InChI=1S/C41H46N2O2/c1-6-8-10-28(5)35-18-31(23-42-25-35)16-29-12-14-33-22-34-15-13-30(21-39(34)40(41(44)45)38(33)20-29)17-32-19-36(26-43-24-32)37(27(3)4)11-9-7-2/h12-15,18-26,28,37H,3,6-11,16-17H2,1-2,4-5H3,(H,44,45). The second-order valence-electron chi connectivity index (χ2n) is 12.9. The lowest BCUT2D eigenvalue weighted by Gasteiger charge is -2.18. The highest BCUT2D eigenvalue weighted by Gasteiger charge is 2.17. The van der Waals surface area contributed by atoms with E-state index >= 15 is 0 Å². The van der Waals surface area contributed by atoms with Crippen LogP contribution in [-0.2, 0) is 12.8 Å². The Bertz CT molecular complexity index is 1820. The maximum absolute atomic E-state index is 12.8. The molecule has 0 spiro atoms. The van der Waals surface area contributed by atoms with Crippen molar-refractivity contribution < 1.29 is 9.90 Å². The van der Waals surface area contributed by atoms with Crippen molar-refractivity contribution in [3.05, 3.63) is 130 Å². The van der Waals surface area contributed by atoms with Gasteiger partial charge in [-0.15, -0.1) is 0 Å². The lowest BCUT2D eigenvalue weighted by molar-refractivity contribution is 0.0701. The number of pyridine rings is 2. The second kappa shape index (κ2) is 14.6. The van der Waals surface area contributed by atoms with Crippen LogP contribution in [0.25, 0.3) is 21.5 Å². The van der Waals surface area contributed by atoms with Crippen LogP contribution in [-0.4, -0.2) is 21.0 Å². The molecule has 3 aromatic carbocycles. The van der Waals surface area contributed by atoms with Gasteiger partial charge in [-0.05, 0) is 112 Å². The molecule has 1 N–H and O–H groups in total. The molecule has 0 aliphatic heterocycles. The predicted octanol–water partition coefficient (Wildman–Crippen LogP) is 10.8. The molecule has 0 saturated carbocycles. The molecule has 0 radical (unpaired) electrons. The van der Waals surface area contributed by atoms with Crippen LogP contribution in [0.5, 0.6) is 0 Å². The van der Waals surface area contributed by atoms with E-state index in [0.29, 0.717) is 30.2 Å². The Morgan fingerprint density at radius 1 is 0.733 bits per heavy atom. The highest BCUT2D eigenvalue weighted by Crippen LogP contribution is 2.33.